The summed E-state index contributed by atoms with van der Waals surface area (Å²) in [5, 5.41) is 3.77. The molecule has 0 aromatic carbocycles. The Morgan fingerprint density at radius 2 is 2.27 bits per heavy atom. The number of furan rings is 1. The number of rotatable bonds is 2. The summed E-state index contributed by atoms with van der Waals surface area (Å²) in [7, 11) is 0. The highest BCUT2D eigenvalue weighted by molar-refractivity contribution is 5.24. The van der Waals surface area contributed by atoms with Crippen LogP contribution in [0, 0.1) is 5.92 Å². The van der Waals surface area contributed by atoms with Crippen molar-refractivity contribution in [2.75, 3.05) is 0 Å². The van der Waals surface area contributed by atoms with Crippen molar-refractivity contribution in [2.24, 2.45) is 5.92 Å². The fourth-order valence-electron chi connectivity index (χ4n) is 2.98. The van der Waals surface area contributed by atoms with Crippen LogP contribution in [0.2, 0.25) is 0 Å². The van der Waals surface area contributed by atoms with Gasteiger partial charge in [-0.2, -0.15) is 0 Å². The Labute approximate surface area is 91.0 Å². The van der Waals surface area contributed by atoms with E-state index in [1.54, 1.807) is 0 Å². The zero-order valence-corrected chi connectivity index (χ0v) is 9.33. The van der Waals surface area contributed by atoms with Gasteiger partial charge in [-0.05, 0) is 37.7 Å². The summed E-state index contributed by atoms with van der Waals surface area (Å²) in [5.74, 6) is 2.14. The molecule has 0 aliphatic heterocycles. The summed E-state index contributed by atoms with van der Waals surface area (Å²) in [4.78, 5) is 0. The molecular weight excluding hydrogens is 186 g/mol. The molecule has 0 radical (unpaired) electrons. The van der Waals surface area contributed by atoms with Crippen LogP contribution < -0.4 is 5.32 Å². The van der Waals surface area contributed by atoms with E-state index >= 15 is 0 Å². The number of hydrogen-bond donors (Lipinski definition) is 1. The molecule has 1 saturated carbocycles. The molecule has 2 heteroatoms. The van der Waals surface area contributed by atoms with Crippen molar-refractivity contribution in [3.63, 3.8) is 0 Å². The molecule has 3 rings (SSSR count). The highest BCUT2D eigenvalue weighted by atomic mass is 16.3. The first-order chi connectivity index (χ1) is 7.33. The first-order valence-electron chi connectivity index (χ1n) is 6.15. The third-order valence-corrected chi connectivity index (χ3v) is 3.86. The van der Waals surface area contributed by atoms with E-state index < -0.39 is 0 Å². The van der Waals surface area contributed by atoms with E-state index in [0.717, 1.165) is 18.4 Å². The van der Waals surface area contributed by atoms with Gasteiger partial charge in [0.25, 0.3) is 0 Å². The number of aryl methyl sites for hydroxylation is 1. The average molecular weight is 205 g/mol. The van der Waals surface area contributed by atoms with Crippen LogP contribution in [-0.2, 0) is 6.42 Å². The molecule has 0 bridgehead atoms. The van der Waals surface area contributed by atoms with Crippen molar-refractivity contribution >= 4 is 0 Å². The van der Waals surface area contributed by atoms with Crippen LogP contribution in [0.15, 0.2) is 16.7 Å². The lowest BCUT2D eigenvalue weighted by Crippen LogP contribution is -2.42. The summed E-state index contributed by atoms with van der Waals surface area (Å²) in [6.45, 7) is 2.34. The van der Waals surface area contributed by atoms with E-state index in [1.165, 1.54) is 37.0 Å². The maximum atomic E-state index is 5.50. The summed E-state index contributed by atoms with van der Waals surface area (Å²) < 4.78 is 5.50. The summed E-state index contributed by atoms with van der Waals surface area (Å²) in [6, 6.07) is 3.46. The Balaban J connectivity index is 1.68. The molecule has 2 aliphatic rings. The maximum absolute atomic E-state index is 5.50. The zero-order chi connectivity index (χ0) is 10.3. The molecule has 1 aromatic heterocycles. The fraction of sp³-hybridized carbons (Fsp3) is 0.692. The third kappa shape index (κ3) is 1.71. The molecule has 0 amide bonds. The third-order valence-electron chi connectivity index (χ3n) is 3.86. The largest absolute Gasteiger partial charge is 0.469 e. The molecule has 1 heterocycles. The van der Waals surface area contributed by atoms with Crippen LogP contribution in [0.3, 0.4) is 0 Å². The molecule has 1 atom stereocenters. The molecule has 1 unspecified atom stereocenters. The van der Waals surface area contributed by atoms with Crippen LogP contribution >= 0.6 is 0 Å². The molecule has 1 N–H and O–H groups in total. The second-order valence-electron chi connectivity index (χ2n) is 5.18. The van der Waals surface area contributed by atoms with Crippen LogP contribution in [0.25, 0.3) is 0 Å². The second-order valence-corrected chi connectivity index (χ2v) is 5.18. The summed E-state index contributed by atoms with van der Waals surface area (Å²) in [5.41, 5.74) is 1.42. The van der Waals surface area contributed by atoms with Gasteiger partial charge in [-0.15, -0.1) is 0 Å². The lowest BCUT2D eigenvalue weighted by atomic mass is 9.80. The van der Waals surface area contributed by atoms with Gasteiger partial charge in [0.05, 0.1) is 6.26 Å². The Morgan fingerprint density at radius 1 is 1.40 bits per heavy atom. The van der Waals surface area contributed by atoms with Crippen molar-refractivity contribution in [1.29, 1.82) is 0 Å². The van der Waals surface area contributed by atoms with Gasteiger partial charge in [-0.1, -0.05) is 6.92 Å². The monoisotopic (exact) mass is 205 g/mol. The fourth-order valence-corrected chi connectivity index (χ4v) is 2.98. The molecule has 2 aliphatic carbocycles. The number of hydrogen-bond acceptors (Lipinski definition) is 2. The minimum Gasteiger partial charge on any atom is -0.469 e. The van der Waals surface area contributed by atoms with Crippen LogP contribution in [0.4, 0.5) is 0 Å². The molecule has 2 nitrogen and oxygen atoms in total. The first kappa shape index (κ1) is 9.46. The van der Waals surface area contributed by atoms with E-state index in [4.69, 9.17) is 4.42 Å². The minimum absolute atomic E-state index is 0.560. The van der Waals surface area contributed by atoms with Gasteiger partial charge in [0.2, 0.25) is 0 Å². The smallest absolute Gasteiger partial charge is 0.108 e. The van der Waals surface area contributed by atoms with E-state index in [0.29, 0.717) is 6.04 Å². The summed E-state index contributed by atoms with van der Waals surface area (Å²) in [6.07, 6.45) is 8.21. The van der Waals surface area contributed by atoms with Crippen molar-refractivity contribution < 1.29 is 4.42 Å². The van der Waals surface area contributed by atoms with Crippen LogP contribution in [0.1, 0.15) is 50.0 Å². The van der Waals surface area contributed by atoms with E-state index in [9.17, 15) is 0 Å². The minimum atomic E-state index is 0.560. The van der Waals surface area contributed by atoms with Crippen molar-refractivity contribution in [3.8, 4) is 0 Å². The topological polar surface area (TPSA) is 25.2 Å². The van der Waals surface area contributed by atoms with Gasteiger partial charge in [0.15, 0.2) is 0 Å². The molecule has 0 spiro atoms. The predicted molar refractivity (Wildman–Crippen MR) is 59.7 cm³/mol. The molecule has 15 heavy (non-hydrogen) atoms. The van der Waals surface area contributed by atoms with Gasteiger partial charge in [0, 0.05) is 24.1 Å². The molecule has 82 valence electrons. The molecule has 1 aromatic rings. The predicted octanol–water partition coefficient (Wildman–Crippen LogP) is 3.05. The van der Waals surface area contributed by atoms with E-state index in [-0.39, 0.29) is 0 Å². The van der Waals surface area contributed by atoms with Crippen molar-refractivity contribution in [1.82, 2.24) is 5.32 Å². The first-order valence-corrected chi connectivity index (χ1v) is 6.15. The maximum Gasteiger partial charge on any atom is 0.108 e. The highest BCUT2D eigenvalue weighted by Crippen LogP contribution is 2.34. The van der Waals surface area contributed by atoms with Gasteiger partial charge < -0.3 is 9.73 Å². The van der Waals surface area contributed by atoms with E-state index in [2.05, 4.69) is 18.3 Å². The Hall–Kier alpha value is -0.760. The van der Waals surface area contributed by atoms with Crippen LogP contribution in [-0.4, -0.2) is 6.04 Å². The van der Waals surface area contributed by atoms with Crippen molar-refractivity contribution in [2.45, 2.75) is 51.1 Å². The van der Waals surface area contributed by atoms with Gasteiger partial charge >= 0.3 is 0 Å². The normalized spacial score (nSPS) is 34.6. The molecular formula is C13H19NO. The Bertz CT molecular complexity index is 338. The zero-order valence-electron chi connectivity index (χ0n) is 9.33. The standard InChI is InChI=1S/C13H19NO/c1-9-7-10(8-9)14-12-3-2-4-13-11(12)5-6-15-13/h5-6,9-10,12,14H,2-4,7-8H2,1H3. The quantitative estimate of drug-likeness (QED) is 0.802. The highest BCUT2D eigenvalue weighted by Gasteiger charge is 2.30. The number of nitrogens with one attached hydrogen (secondary N) is 1. The van der Waals surface area contributed by atoms with E-state index in [1.807, 2.05) is 6.26 Å². The molecule has 0 saturated heterocycles. The van der Waals surface area contributed by atoms with Crippen LogP contribution in [0.5, 0.6) is 0 Å². The average Bonchev–Trinajstić information content (AvgIpc) is 2.64. The van der Waals surface area contributed by atoms with Crippen molar-refractivity contribution in [3.05, 3.63) is 23.7 Å². The van der Waals surface area contributed by atoms with Gasteiger partial charge in [0.1, 0.15) is 5.76 Å². The lowest BCUT2D eigenvalue weighted by molar-refractivity contribution is 0.214. The SMILES string of the molecule is CC1CC(NC2CCCc3occc32)C1. The Kier molecular flexibility index (Phi) is 2.32. The Morgan fingerprint density at radius 3 is 3.07 bits per heavy atom. The lowest BCUT2D eigenvalue weighted by Gasteiger charge is -2.37. The van der Waals surface area contributed by atoms with Gasteiger partial charge in [-0.3, -0.25) is 0 Å². The summed E-state index contributed by atoms with van der Waals surface area (Å²) >= 11 is 0. The van der Waals surface area contributed by atoms with Gasteiger partial charge in [-0.25, -0.2) is 0 Å². The number of fused-ring (bicyclic) bond motifs is 1. The second kappa shape index (κ2) is 3.67. The molecule has 1 fully saturated rings.